The van der Waals surface area contributed by atoms with Crippen molar-refractivity contribution < 1.29 is 36.2 Å². The molecular weight excluding hydrogens is 553 g/mol. The van der Waals surface area contributed by atoms with Gasteiger partial charge in [-0.15, -0.1) is 18.3 Å². The highest BCUT2D eigenvalue weighted by atomic mass is 19.4. The normalized spacial score (nSPS) is 12.1. The van der Waals surface area contributed by atoms with Crippen LogP contribution < -0.4 is 20.3 Å². The molecule has 1 amide bonds. The van der Waals surface area contributed by atoms with Crippen molar-refractivity contribution in [2.75, 3.05) is 0 Å². The van der Waals surface area contributed by atoms with Crippen molar-refractivity contribution in [3.63, 3.8) is 0 Å². The van der Waals surface area contributed by atoms with Gasteiger partial charge in [0.2, 0.25) is 0 Å². The minimum absolute atomic E-state index is 0.0171. The van der Waals surface area contributed by atoms with Crippen LogP contribution in [0.1, 0.15) is 28.0 Å². The molecule has 2 aromatic heterocycles. The Morgan fingerprint density at radius 2 is 1.80 bits per heavy atom. The van der Waals surface area contributed by atoms with E-state index in [1.165, 1.54) is 53.4 Å². The topological polar surface area (TPSA) is 100 Å². The maximum atomic E-state index is 14.6. The van der Waals surface area contributed by atoms with Gasteiger partial charge in [0, 0.05) is 31.4 Å². The number of alkyl halides is 4. The molecule has 0 saturated heterocycles. The fourth-order valence-electron chi connectivity index (χ4n) is 3.74. The van der Waals surface area contributed by atoms with E-state index in [2.05, 4.69) is 20.4 Å². The SMILES string of the molecule is O=C(NCc1cccc(OC(F)(F)F)c1)c1cn(CC(F)CCn2ccc(COc3cccc(F)c3)cc2=O)nn1. The Balaban J connectivity index is 1.23. The molecule has 0 radical (unpaired) electrons. The van der Waals surface area contributed by atoms with E-state index >= 15 is 0 Å². The zero-order chi connectivity index (χ0) is 29.4. The largest absolute Gasteiger partial charge is 0.573 e. The van der Waals surface area contributed by atoms with Crippen LogP contribution >= 0.6 is 0 Å². The first-order chi connectivity index (χ1) is 19.5. The molecule has 0 aliphatic carbocycles. The number of carbonyl (C=O) groups is 1. The molecule has 1 N–H and O–H groups in total. The van der Waals surface area contributed by atoms with E-state index in [1.54, 1.807) is 12.1 Å². The number of pyridine rings is 1. The summed E-state index contributed by atoms with van der Waals surface area (Å²) in [7, 11) is 0. The molecule has 1 unspecified atom stereocenters. The first kappa shape index (κ1) is 29.2. The van der Waals surface area contributed by atoms with Gasteiger partial charge >= 0.3 is 6.36 Å². The quantitative estimate of drug-likeness (QED) is 0.251. The third kappa shape index (κ3) is 9.15. The molecule has 2 heterocycles. The van der Waals surface area contributed by atoms with Gasteiger partial charge in [0.05, 0.1) is 12.7 Å². The molecule has 0 fully saturated rings. The smallest absolute Gasteiger partial charge is 0.489 e. The van der Waals surface area contributed by atoms with Crippen molar-refractivity contribution >= 4 is 5.91 Å². The van der Waals surface area contributed by atoms with E-state index in [1.807, 2.05) is 0 Å². The molecule has 1 atom stereocenters. The number of rotatable bonds is 12. The van der Waals surface area contributed by atoms with Crippen molar-refractivity contribution in [1.29, 1.82) is 0 Å². The van der Waals surface area contributed by atoms with Gasteiger partial charge in [-0.05, 0) is 47.9 Å². The highest BCUT2D eigenvalue weighted by molar-refractivity contribution is 5.91. The first-order valence-electron chi connectivity index (χ1n) is 12.3. The Labute approximate surface area is 230 Å². The summed E-state index contributed by atoms with van der Waals surface area (Å²) in [4.78, 5) is 24.7. The lowest BCUT2D eigenvalue weighted by Gasteiger charge is -2.11. The monoisotopic (exact) mass is 577 g/mol. The molecule has 0 aliphatic heterocycles. The molecule has 2 aromatic carbocycles. The van der Waals surface area contributed by atoms with Crippen LogP contribution in [0.3, 0.4) is 0 Å². The molecule has 9 nitrogen and oxygen atoms in total. The fourth-order valence-corrected chi connectivity index (χ4v) is 3.74. The molecule has 216 valence electrons. The number of hydrogen-bond donors (Lipinski definition) is 1. The number of halogens is 5. The number of amides is 1. The third-order valence-corrected chi connectivity index (χ3v) is 5.69. The van der Waals surface area contributed by atoms with Crippen molar-refractivity contribution in [3.05, 3.63) is 106 Å². The van der Waals surface area contributed by atoms with Crippen LogP contribution in [-0.4, -0.2) is 38.0 Å². The molecule has 4 aromatic rings. The Hall–Kier alpha value is -4.75. The number of nitrogens with zero attached hydrogens (tertiary/aromatic N) is 4. The number of aryl methyl sites for hydroxylation is 1. The van der Waals surface area contributed by atoms with E-state index in [4.69, 9.17) is 4.74 Å². The van der Waals surface area contributed by atoms with Gasteiger partial charge < -0.3 is 19.4 Å². The molecule has 0 spiro atoms. The second-order valence-corrected chi connectivity index (χ2v) is 8.90. The van der Waals surface area contributed by atoms with Crippen LogP contribution in [-0.2, 0) is 26.2 Å². The number of carbonyl (C=O) groups excluding carboxylic acids is 1. The predicted molar refractivity (Wildman–Crippen MR) is 135 cm³/mol. The second-order valence-electron chi connectivity index (χ2n) is 8.90. The van der Waals surface area contributed by atoms with Gasteiger partial charge in [-0.1, -0.05) is 23.4 Å². The van der Waals surface area contributed by atoms with Crippen LogP contribution in [0.25, 0.3) is 0 Å². The van der Waals surface area contributed by atoms with Crippen LogP contribution in [0.15, 0.2) is 77.9 Å². The molecule has 0 bridgehead atoms. The van der Waals surface area contributed by atoms with Gasteiger partial charge in [-0.3, -0.25) is 9.59 Å². The maximum Gasteiger partial charge on any atom is 0.573 e. The Kier molecular flexibility index (Phi) is 9.32. The van der Waals surface area contributed by atoms with Gasteiger partial charge in [-0.25, -0.2) is 13.5 Å². The van der Waals surface area contributed by atoms with Crippen molar-refractivity contribution in [2.45, 2.75) is 45.2 Å². The average molecular weight is 578 g/mol. The highest BCUT2D eigenvalue weighted by Gasteiger charge is 2.31. The molecule has 14 heteroatoms. The maximum absolute atomic E-state index is 14.6. The minimum Gasteiger partial charge on any atom is -0.489 e. The first-order valence-corrected chi connectivity index (χ1v) is 12.3. The van der Waals surface area contributed by atoms with Crippen LogP contribution in [0, 0.1) is 5.82 Å². The molecule has 41 heavy (non-hydrogen) atoms. The fraction of sp³-hybridized carbons (Fsp3) is 0.259. The lowest BCUT2D eigenvalue weighted by Crippen LogP contribution is -2.23. The number of nitrogens with one attached hydrogen (secondary N) is 1. The van der Waals surface area contributed by atoms with E-state index < -0.39 is 30.0 Å². The van der Waals surface area contributed by atoms with Gasteiger partial charge in [-0.2, -0.15) is 0 Å². The molecular formula is C27H24F5N5O4. The van der Waals surface area contributed by atoms with Crippen LogP contribution in [0.5, 0.6) is 11.5 Å². The standard InChI is InChI=1S/C27H24F5N5O4/c28-20-4-2-5-22(13-20)40-17-19-7-9-36(25(38)12-19)10-8-21(29)15-37-16-24(34-35-37)26(39)33-14-18-3-1-6-23(11-18)41-27(30,31)32/h1-7,9,11-13,16,21H,8,10,14-15,17H2,(H,33,39). The number of benzene rings is 2. The summed E-state index contributed by atoms with van der Waals surface area (Å²) in [5, 5.41) is 9.94. The zero-order valence-corrected chi connectivity index (χ0v) is 21.4. The lowest BCUT2D eigenvalue weighted by atomic mass is 10.2. The van der Waals surface area contributed by atoms with Crippen LogP contribution in [0.4, 0.5) is 22.0 Å². The van der Waals surface area contributed by atoms with Crippen molar-refractivity contribution in [3.8, 4) is 11.5 Å². The average Bonchev–Trinajstić information content (AvgIpc) is 3.38. The Morgan fingerprint density at radius 3 is 2.56 bits per heavy atom. The minimum atomic E-state index is -4.84. The van der Waals surface area contributed by atoms with Crippen molar-refractivity contribution in [2.24, 2.45) is 0 Å². The Bertz CT molecular complexity index is 1540. The molecule has 0 saturated carbocycles. The van der Waals surface area contributed by atoms with E-state index in [0.29, 0.717) is 16.9 Å². The highest BCUT2D eigenvalue weighted by Crippen LogP contribution is 2.23. The lowest BCUT2D eigenvalue weighted by molar-refractivity contribution is -0.274. The number of aromatic nitrogens is 4. The van der Waals surface area contributed by atoms with E-state index in [0.717, 1.165) is 16.8 Å². The van der Waals surface area contributed by atoms with E-state index in [-0.39, 0.29) is 43.9 Å². The summed E-state index contributed by atoms with van der Waals surface area (Å²) in [6.45, 7) is -0.168. The van der Waals surface area contributed by atoms with Crippen molar-refractivity contribution in [1.82, 2.24) is 24.9 Å². The molecule has 0 aliphatic rings. The second kappa shape index (κ2) is 13.1. The van der Waals surface area contributed by atoms with Gasteiger partial charge in [0.1, 0.15) is 30.1 Å². The summed E-state index contributed by atoms with van der Waals surface area (Å²) < 4.78 is 76.8. The zero-order valence-electron chi connectivity index (χ0n) is 21.4. The van der Waals surface area contributed by atoms with Gasteiger partial charge in [0.25, 0.3) is 11.5 Å². The predicted octanol–water partition coefficient (Wildman–Crippen LogP) is 4.41. The number of hydrogen-bond acceptors (Lipinski definition) is 6. The third-order valence-electron chi connectivity index (χ3n) is 5.69. The Morgan fingerprint density at radius 1 is 1.02 bits per heavy atom. The van der Waals surface area contributed by atoms with Gasteiger partial charge in [0.15, 0.2) is 5.69 Å². The summed E-state index contributed by atoms with van der Waals surface area (Å²) >= 11 is 0. The summed E-state index contributed by atoms with van der Waals surface area (Å²) in [5.74, 6) is -1.18. The molecule has 4 rings (SSSR count). The summed E-state index contributed by atoms with van der Waals surface area (Å²) in [6.07, 6.45) is -3.51. The number of ether oxygens (including phenoxy) is 2. The summed E-state index contributed by atoms with van der Waals surface area (Å²) in [5.41, 5.74) is 0.474. The van der Waals surface area contributed by atoms with Crippen LogP contribution in [0.2, 0.25) is 0 Å². The summed E-state index contributed by atoms with van der Waals surface area (Å²) in [6, 6.07) is 13.8. The van der Waals surface area contributed by atoms with E-state index in [9.17, 15) is 31.5 Å².